The van der Waals surface area contributed by atoms with Crippen LogP contribution in [0.3, 0.4) is 0 Å². The Morgan fingerprint density at radius 3 is 2.23 bits per heavy atom. The van der Waals surface area contributed by atoms with E-state index in [1.807, 2.05) is 0 Å². The van der Waals surface area contributed by atoms with Crippen LogP contribution >= 0.6 is 0 Å². The molecule has 22 heavy (non-hydrogen) atoms. The molecule has 1 amide bonds. The van der Waals surface area contributed by atoms with E-state index >= 15 is 0 Å². The Morgan fingerprint density at radius 2 is 1.64 bits per heavy atom. The number of ether oxygens (including phenoxy) is 1. The fraction of sp³-hybridized carbons (Fsp3) is 0.632. The Balaban J connectivity index is 1.29. The van der Waals surface area contributed by atoms with Crippen molar-refractivity contribution in [1.29, 1.82) is 0 Å². The lowest BCUT2D eigenvalue weighted by atomic mass is 9.68. The van der Waals surface area contributed by atoms with E-state index in [1.165, 1.54) is 24.0 Å². The van der Waals surface area contributed by atoms with Crippen molar-refractivity contribution >= 4 is 5.91 Å². The van der Waals surface area contributed by atoms with Crippen LogP contribution in [0.1, 0.15) is 68.1 Å². The summed E-state index contributed by atoms with van der Waals surface area (Å²) >= 11 is 0. The number of hydrogen-bond donors (Lipinski definition) is 1. The number of nitrogens with one attached hydrogen (secondary N) is 1. The summed E-state index contributed by atoms with van der Waals surface area (Å²) in [5, 5.41) is 3.01. The molecular formula is C19H23NO2. The smallest absolute Gasteiger partial charge is 0.226 e. The van der Waals surface area contributed by atoms with Crippen LogP contribution in [0, 0.1) is 5.41 Å². The lowest BCUT2D eigenvalue weighted by molar-refractivity contribution is -0.129. The van der Waals surface area contributed by atoms with Crippen molar-refractivity contribution in [3.8, 4) is 0 Å². The standard InChI is InChI=1S/C19H23NO2/c21-17-18(11-12-20-17)7-9-19(10-8-18)16(22-19)15-5-3-14(4-6-15)13-1-2-13/h3-6,13,16H,1-2,7-12H2,(H,20,21). The molecule has 5 rings (SSSR count). The highest BCUT2D eigenvalue weighted by Gasteiger charge is 2.61. The molecule has 116 valence electrons. The summed E-state index contributed by atoms with van der Waals surface area (Å²) in [5.74, 6) is 1.10. The Labute approximate surface area is 131 Å². The van der Waals surface area contributed by atoms with E-state index in [-0.39, 0.29) is 23.0 Å². The summed E-state index contributed by atoms with van der Waals surface area (Å²) in [7, 11) is 0. The average molecular weight is 297 g/mol. The second kappa shape index (κ2) is 4.35. The predicted molar refractivity (Wildman–Crippen MR) is 83.5 cm³/mol. The van der Waals surface area contributed by atoms with Crippen molar-refractivity contribution in [1.82, 2.24) is 5.32 Å². The molecule has 4 fully saturated rings. The van der Waals surface area contributed by atoms with E-state index in [0.29, 0.717) is 0 Å². The molecule has 3 heteroatoms. The number of epoxide rings is 1. The average Bonchev–Trinajstić information content (AvgIpc) is 3.46. The molecule has 4 aliphatic rings. The van der Waals surface area contributed by atoms with E-state index in [1.54, 1.807) is 0 Å². The number of carbonyl (C=O) groups excluding carboxylic acids is 1. The molecule has 2 heterocycles. The van der Waals surface area contributed by atoms with Crippen LogP contribution in [0.5, 0.6) is 0 Å². The fourth-order valence-corrected chi connectivity index (χ4v) is 4.66. The monoisotopic (exact) mass is 297 g/mol. The van der Waals surface area contributed by atoms with Gasteiger partial charge >= 0.3 is 0 Å². The fourth-order valence-electron chi connectivity index (χ4n) is 4.66. The molecule has 1 unspecified atom stereocenters. The molecule has 2 saturated carbocycles. The SMILES string of the molecule is O=C1NCCC12CCC1(CC2)OC1c1ccc(C2CC2)cc1. The van der Waals surface area contributed by atoms with Crippen molar-refractivity contribution in [2.45, 2.75) is 62.6 Å². The molecule has 2 saturated heterocycles. The number of benzene rings is 1. The van der Waals surface area contributed by atoms with Gasteiger partial charge in [0.2, 0.25) is 5.91 Å². The van der Waals surface area contributed by atoms with Gasteiger partial charge in [0.1, 0.15) is 6.10 Å². The molecule has 1 aromatic rings. The van der Waals surface area contributed by atoms with Crippen molar-refractivity contribution in [3.05, 3.63) is 35.4 Å². The molecular weight excluding hydrogens is 274 g/mol. The van der Waals surface area contributed by atoms with Gasteiger partial charge in [-0.05, 0) is 62.0 Å². The second-order valence-electron chi connectivity index (χ2n) is 7.79. The lowest BCUT2D eigenvalue weighted by Gasteiger charge is -2.33. The summed E-state index contributed by atoms with van der Waals surface area (Å²) in [6, 6.07) is 9.10. The first kappa shape index (κ1) is 13.1. The van der Waals surface area contributed by atoms with E-state index < -0.39 is 0 Å². The highest BCUT2D eigenvalue weighted by atomic mass is 16.6. The van der Waals surface area contributed by atoms with Crippen LogP contribution in [-0.4, -0.2) is 18.1 Å². The maximum absolute atomic E-state index is 12.1. The number of hydrogen-bond acceptors (Lipinski definition) is 2. The predicted octanol–water partition coefficient (Wildman–Crippen LogP) is 3.45. The zero-order valence-electron chi connectivity index (χ0n) is 12.9. The molecule has 2 aliphatic carbocycles. The van der Waals surface area contributed by atoms with Gasteiger partial charge in [0.05, 0.1) is 11.0 Å². The van der Waals surface area contributed by atoms with Gasteiger partial charge < -0.3 is 10.1 Å². The van der Waals surface area contributed by atoms with Crippen LogP contribution < -0.4 is 5.32 Å². The quantitative estimate of drug-likeness (QED) is 0.849. The summed E-state index contributed by atoms with van der Waals surface area (Å²) in [6.07, 6.45) is 8.06. The van der Waals surface area contributed by atoms with Crippen molar-refractivity contribution < 1.29 is 9.53 Å². The summed E-state index contributed by atoms with van der Waals surface area (Å²) in [4.78, 5) is 12.1. The Hall–Kier alpha value is -1.35. The molecule has 0 aromatic heterocycles. The summed E-state index contributed by atoms with van der Waals surface area (Å²) in [6.45, 7) is 0.860. The second-order valence-corrected chi connectivity index (χ2v) is 7.79. The van der Waals surface area contributed by atoms with Crippen molar-refractivity contribution in [2.24, 2.45) is 5.41 Å². The zero-order chi connectivity index (χ0) is 14.8. The summed E-state index contributed by atoms with van der Waals surface area (Å²) < 4.78 is 6.15. The van der Waals surface area contributed by atoms with Gasteiger partial charge in [0, 0.05) is 6.54 Å². The zero-order valence-corrected chi connectivity index (χ0v) is 12.9. The Kier molecular flexibility index (Phi) is 2.59. The third kappa shape index (κ3) is 1.88. The van der Waals surface area contributed by atoms with Crippen molar-refractivity contribution in [2.75, 3.05) is 6.54 Å². The van der Waals surface area contributed by atoms with E-state index in [0.717, 1.165) is 44.6 Å². The Bertz CT molecular complexity index is 609. The maximum Gasteiger partial charge on any atom is 0.226 e. The highest BCUT2D eigenvalue weighted by Crippen LogP contribution is 2.61. The van der Waals surface area contributed by atoms with Crippen LogP contribution in [-0.2, 0) is 9.53 Å². The number of rotatable bonds is 2. The Morgan fingerprint density at radius 1 is 0.955 bits per heavy atom. The van der Waals surface area contributed by atoms with Crippen LogP contribution in [0.2, 0.25) is 0 Å². The molecule has 0 radical (unpaired) electrons. The molecule has 1 N–H and O–H groups in total. The first-order valence-electron chi connectivity index (χ1n) is 8.77. The van der Waals surface area contributed by atoms with Gasteiger partial charge in [0.15, 0.2) is 0 Å². The van der Waals surface area contributed by atoms with Gasteiger partial charge in [-0.15, -0.1) is 0 Å². The van der Waals surface area contributed by atoms with Crippen LogP contribution in [0.15, 0.2) is 24.3 Å². The minimum Gasteiger partial charge on any atom is -0.361 e. The first-order valence-corrected chi connectivity index (χ1v) is 8.77. The molecule has 2 spiro atoms. The van der Waals surface area contributed by atoms with E-state index in [4.69, 9.17) is 4.74 Å². The molecule has 1 atom stereocenters. The minimum atomic E-state index is -0.0718. The van der Waals surface area contributed by atoms with Crippen LogP contribution in [0.25, 0.3) is 0 Å². The largest absolute Gasteiger partial charge is 0.361 e. The number of amides is 1. The van der Waals surface area contributed by atoms with Gasteiger partial charge in [-0.3, -0.25) is 4.79 Å². The normalized spacial score (nSPS) is 40.2. The van der Waals surface area contributed by atoms with Gasteiger partial charge in [-0.1, -0.05) is 24.3 Å². The molecule has 3 nitrogen and oxygen atoms in total. The molecule has 2 aliphatic heterocycles. The van der Waals surface area contributed by atoms with E-state index in [2.05, 4.69) is 29.6 Å². The lowest BCUT2D eigenvalue weighted by Crippen LogP contribution is -2.37. The minimum absolute atomic E-state index is 0.0369. The van der Waals surface area contributed by atoms with Gasteiger partial charge in [0.25, 0.3) is 0 Å². The molecule has 0 bridgehead atoms. The third-order valence-corrected chi connectivity index (χ3v) is 6.49. The topological polar surface area (TPSA) is 41.6 Å². The van der Waals surface area contributed by atoms with E-state index in [9.17, 15) is 4.79 Å². The van der Waals surface area contributed by atoms with Gasteiger partial charge in [-0.2, -0.15) is 0 Å². The van der Waals surface area contributed by atoms with Crippen LogP contribution in [0.4, 0.5) is 0 Å². The van der Waals surface area contributed by atoms with Gasteiger partial charge in [-0.25, -0.2) is 0 Å². The number of carbonyl (C=O) groups is 1. The maximum atomic E-state index is 12.1. The summed E-state index contributed by atoms with van der Waals surface area (Å²) in [5.41, 5.74) is 2.78. The highest BCUT2D eigenvalue weighted by molar-refractivity contribution is 5.84. The first-order chi connectivity index (χ1) is 10.7. The van der Waals surface area contributed by atoms with Crippen molar-refractivity contribution in [3.63, 3.8) is 0 Å². The third-order valence-electron chi connectivity index (χ3n) is 6.49. The molecule has 1 aromatic carbocycles.